The molecule has 9 heteroatoms. The largest absolute Gasteiger partial charge is 0.452 e. The van der Waals surface area contributed by atoms with Gasteiger partial charge in [-0.2, -0.15) is 0 Å². The number of carbonyl (C=O) groups excluding carboxylic acids is 2. The van der Waals surface area contributed by atoms with Gasteiger partial charge in [0.15, 0.2) is 6.61 Å². The summed E-state index contributed by atoms with van der Waals surface area (Å²) in [4.78, 5) is 23.4. The highest BCUT2D eigenvalue weighted by atomic mass is 35.5. The van der Waals surface area contributed by atoms with Crippen molar-refractivity contribution in [2.45, 2.75) is 25.7 Å². The Kier molecular flexibility index (Phi) is 8.02. The molecule has 0 aliphatic carbocycles. The van der Waals surface area contributed by atoms with Gasteiger partial charge in [-0.1, -0.05) is 35.4 Å². The van der Waals surface area contributed by atoms with Crippen molar-refractivity contribution in [3.63, 3.8) is 0 Å². The molecule has 0 saturated heterocycles. The number of allylic oxidation sites excluding steroid dienone is 1. The molecule has 0 unspecified atom stereocenters. The molecule has 0 fully saturated rings. The van der Waals surface area contributed by atoms with Gasteiger partial charge in [0.25, 0.3) is 15.9 Å². The molecular weight excluding hydrogens is 428 g/mol. The van der Waals surface area contributed by atoms with E-state index in [0.717, 1.165) is 5.57 Å². The van der Waals surface area contributed by atoms with Crippen molar-refractivity contribution in [1.82, 2.24) is 0 Å². The maximum atomic E-state index is 13.2. The first kappa shape index (κ1) is 23.4. The minimum atomic E-state index is -3.98. The van der Waals surface area contributed by atoms with Crippen LogP contribution in [0.4, 0.5) is 11.4 Å². The Bertz CT molecular complexity index is 1050. The summed E-state index contributed by atoms with van der Waals surface area (Å²) in [6.07, 6.45) is 1.27. The van der Waals surface area contributed by atoms with Gasteiger partial charge in [0.2, 0.25) is 0 Å². The predicted molar refractivity (Wildman–Crippen MR) is 117 cm³/mol. The highest BCUT2D eigenvalue weighted by molar-refractivity contribution is 7.93. The van der Waals surface area contributed by atoms with Crippen molar-refractivity contribution >= 4 is 44.9 Å². The average molecular weight is 451 g/mol. The molecule has 0 atom stereocenters. The monoisotopic (exact) mass is 450 g/mol. The normalized spacial score (nSPS) is 10.8. The van der Waals surface area contributed by atoms with E-state index in [-0.39, 0.29) is 22.2 Å². The van der Waals surface area contributed by atoms with Crippen LogP contribution in [-0.2, 0) is 24.3 Å². The molecule has 2 aromatic rings. The lowest BCUT2D eigenvalue weighted by Crippen LogP contribution is -2.31. The Hall–Kier alpha value is -2.84. The Morgan fingerprint density at radius 1 is 1.13 bits per heavy atom. The number of carbonyl (C=O) groups is 2. The van der Waals surface area contributed by atoms with E-state index < -0.39 is 28.5 Å². The van der Waals surface area contributed by atoms with Gasteiger partial charge in [0, 0.05) is 18.3 Å². The van der Waals surface area contributed by atoms with Crippen LogP contribution in [-0.4, -0.2) is 33.4 Å². The summed E-state index contributed by atoms with van der Waals surface area (Å²) in [5, 5.41) is 2.53. The number of sulfonamides is 1. The van der Waals surface area contributed by atoms with Crippen molar-refractivity contribution in [2.75, 3.05) is 22.8 Å². The van der Waals surface area contributed by atoms with Gasteiger partial charge in [-0.15, -0.1) is 0 Å². The molecule has 0 aromatic heterocycles. The number of amides is 1. The maximum absolute atomic E-state index is 13.2. The Morgan fingerprint density at radius 3 is 2.40 bits per heavy atom. The van der Waals surface area contributed by atoms with E-state index in [0.29, 0.717) is 5.69 Å². The smallest absolute Gasteiger partial charge is 0.331 e. The second kappa shape index (κ2) is 10.3. The number of benzene rings is 2. The van der Waals surface area contributed by atoms with E-state index in [9.17, 15) is 18.0 Å². The summed E-state index contributed by atoms with van der Waals surface area (Å²) in [5.74, 6) is -1.24. The minimum absolute atomic E-state index is 0.0253. The maximum Gasteiger partial charge on any atom is 0.331 e. The van der Waals surface area contributed by atoms with Gasteiger partial charge in [-0.25, -0.2) is 13.2 Å². The van der Waals surface area contributed by atoms with Crippen LogP contribution >= 0.6 is 11.6 Å². The van der Waals surface area contributed by atoms with Crippen LogP contribution in [0.3, 0.4) is 0 Å². The van der Waals surface area contributed by atoms with E-state index in [2.05, 4.69) is 5.32 Å². The van der Waals surface area contributed by atoms with Gasteiger partial charge in [-0.3, -0.25) is 9.10 Å². The second-order valence-electron chi connectivity index (χ2n) is 6.53. The topological polar surface area (TPSA) is 92.8 Å². The van der Waals surface area contributed by atoms with Crippen molar-refractivity contribution in [3.8, 4) is 0 Å². The predicted octanol–water partition coefficient (Wildman–Crippen LogP) is 4.00. The lowest BCUT2D eigenvalue weighted by molar-refractivity contribution is -0.142. The molecular formula is C21H23ClN2O5S. The molecule has 30 heavy (non-hydrogen) atoms. The number of rotatable bonds is 8. The SMILES string of the molecule is CCN(c1ccccc1)S(=O)(=O)c1cc(NC(=O)COC(=O)C=C(C)C)ccc1Cl. The Balaban J connectivity index is 2.23. The summed E-state index contributed by atoms with van der Waals surface area (Å²) in [6, 6.07) is 12.8. The van der Waals surface area contributed by atoms with Gasteiger partial charge in [0.05, 0.1) is 10.7 Å². The molecule has 0 aliphatic rings. The first-order valence-corrected chi connectivity index (χ1v) is 11.0. The fraction of sp³-hybridized carbons (Fsp3) is 0.238. The third kappa shape index (κ3) is 6.08. The molecule has 0 saturated carbocycles. The van der Waals surface area contributed by atoms with E-state index in [1.165, 1.54) is 28.6 Å². The summed E-state index contributed by atoms with van der Waals surface area (Å²) >= 11 is 6.16. The molecule has 1 amide bonds. The molecule has 0 spiro atoms. The van der Waals surface area contributed by atoms with Crippen LogP contribution in [0.2, 0.25) is 5.02 Å². The minimum Gasteiger partial charge on any atom is -0.452 e. The van der Waals surface area contributed by atoms with E-state index in [4.69, 9.17) is 16.3 Å². The first-order chi connectivity index (χ1) is 14.1. The molecule has 160 valence electrons. The zero-order chi connectivity index (χ0) is 22.3. The molecule has 0 aliphatic heterocycles. The summed E-state index contributed by atoms with van der Waals surface area (Å²) < 4.78 is 32.5. The summed E-state index contributed by atoms with van der Waals surface area (Å²) in [6.45, 7) is 4.86. The highest BCUT2D eigenvalue weighted by Gasteiger charge is 2.26. The van der Waals surface area contributed by atoms with Gasteiger partial charge < -0.3 is 10.1 Å². The van der Waals surface area contributed by atoms with Crippen LogP contribution in [0, 0.1) is 0 Å². The highest BCUT2D eigenvalue weighted by Crippen LogP contribution is 2.30. The van der Waals surface area contributed by atoms with Crippen molar-refractivity contribution in [3.05, 3.63) is 65.2 Å². The van der Waals surface area contributed by atoms with Crippen molar-refractivity contribution in [2.24, 2.45) is 0 Å². The molecule has 7 nitrogen and oxygen atoms in total. The Labute approximate surface area is 181 Å². The van der Waals surface area contributed by atoms with Crippen LogP contribution < -0.4 is 9.62 Å². The van der Waals surface area contributed by atoms with Crippen LogP contribution in [0.25, 0.3) is 0 Å². The number of nitrogens with zero attached hydrogens (tertiary/aromatic N) is 1. The lowest BCUT2D eigenvalue weighted by Gasteiger charge is -2.23. The number of nitrogens with one attached hydrogen (secondary N) is 1. The standard InChI is InChI=1S/C21H23ClN2O5S/c1-4-24(17-8-6-5-7-9-17)30(27,28)19-13-16(10-11-18(19)22)23-20(25)14-29-21(26)12-15(2)3/h5-13H,4,14H2,1-3H3,(H,23,25). The average Bonchev–Trinajstić information content (AvgIpc) is 2.68. The summed E-state index contributed by atoms with van der Waals surface area (Å²) in [7, 11) is -3.98. The van der Waals surface area contributed by atoms with Crippen LogP contribution in [0.15, 0.2) is 65.1 Å². The molecule has 0 bridgehead atoms. The molecule has 1 N–H and O–H groups in total. The number of ether oxygens (including phenoxy) is 1. The number of anilines is 2. The van der Waals surface area contributed by atoms with Crippen molar-refractivity contribution < 1.29 is 22.7 Å². The zero-order valence-corrected chi connectivity index (χ0v) is 18.5. The van der Waals surface area contributed by atoms with Gasteiger partial charge >= 0.3 is 5.97 Å². The number of hydrogen-bond donors (Lipinski definition) is 1. The fourth-order valence-electron chi connectivity index (χ4n) is 2.59. The fourth-order valence-corrected chi connectivity index (χ4v) is 4.57. The Morgan fingerprint density at radius 2 is 1.80 bits per heavy atom. The van der Waals surface area contributed by atoms with Gasteiger partial charge in [0.1, 0.15) is 4.90 Å². The van der Waals surface area contributed by atoms with E-state index in [1.807, 2.05) is 0 Å². The van der Waals surface area contributed by atoms with Crippen LogP contribution in [0.5, 0.6) is 0 Å². The van der Waals surface area contributed by atoms with E-state index >= 15 is 0 Å². The number of para-hydroxylation sites is 1. The second-order valence-corrected chi connectivity index (χ2v) is 8.77. The van der Waals surface area contributed by atoms with Crippen molar-refractivity contribution in [1.29, 1.82) is 0 Å². The third-order valence-electron chi connectivity index (χ3n) is 3.87. The summed E-state index contributed by atoms with van der Waals surface area (Å²) in [5.41, 5.74) is 1.45. The number of esters is 1. The van der Waals surface area contributed by atoms with Crippen LogP contribution in [0.1, 0.15) is 20.8 Å². The van der Waals surface area contributed by atoms with E-state index in [1.54, 1.807) is 51.1 Å². The first-order valence-electron chi connectivity index (χ1n) is 9.14. The van der Waals surface area contributed by atoms with Gasteiger partial charge in [-0.05, 0) is 51.1 Å². The third-order valence-corrected chi connectivity index (χ3v) is 6.25. The molecule has 2 aromatic carbocycles. The lowest BCUT2D eigenvalue weighted by atomic mass is 10.3. The number of halogens is 1. The molecule has 0 heterocycles. The molecule has 0 radical (unpaired) electrons. The zero-order valence-electron chi connectivity index (χ0n) is 16.9. The number of hydrogen-bond acceptors (Lipinski definition) is 5. The quantitative estimate of drug-likeness (QED) is 0.484. The molecule has 2 rings (SSSR count).